The number of likely N-dealkylation sites (N-methyl/N-ethyl adjacent to an activating group) is 1. The summed E-state index contributed by atoms with van der Waals surface area (Å²) >= 11 is 0. The minimum atomic E-state index is -2.36. The van der Waals surface area contributed by atoms with Crippen molar-refractivity contribution < 1.29 is 28.6 Å². The third kappa shape index (κ3) is 3.87. The summed E-state index contributed by atoms with van der Waals surface area (Å²) in [7, 11) is 0. The monoisotopic (exact) mass is 353 g/mol. The van der Waals surface area contributed by atoms with Gasteiger partial charge >= 0.3 is 0 Å². The highest BCUT2D eigenvalue weighted by atomic mass is 19.1. The molecule has 1 aromatic carbocycles. The number of hydrogen-bond acceptors (Lipinski definition) is 5. The Labute approximate surface area is 143 Å². The summed E-state index contributed by atoms with van der Waals surface area (Å²) in [5.74, 6) is -2.91. The Kier molecular flexibility index (Phi) is 5.27. The molecule has 0 spiro atoms. The number of nitrogens with one attached hydrogen (secondary N) is 3. The molecule has 0 saturated heterocycles. The van der Waals surface area contributed by atoms with Crippen molar-refractivity contribution in [3.05, 3.63) is 24.0 Å². The van der Waals surface area contributed by atoms with Crippen LogP contribution in [0.25, 0.3) is 0 Å². The zero-order valence-corrected chi connectivity index (χ0v) is 14.1. The Hall–Kier alpha value is -2.68. The van der Waals surface area contributed by atoms with Crippen LogP contribution in [0.2, 0.25) is 0 Å². The number of carbonyl (C=O) groups is 3. The van der Waals surface area contributed by atoms with Crippen molar-refractivity contribution >= 4 is 23.4 Å². The summed E-state index contributed by atoms with van der Waals surface area (Å²) in [6.45, 7) is 4.42. The summed E-state index contributed by atoms with van der Waals surface area (Å²) in [6.07, 6.45) is -0.819. The largest absolute Gasteiger partial charge is 0.486 e. The van der Waals surface area contributed by atoms with Crippen molar-refractivity contribution in [2.45, 2.75) is 38.5 Å². The molecule has 0 radical (unpaired) electrons. The zero-order valence-electron chi connectivity index (χ0n) is 14.1. The molecule has 8 nitrogen and oxygen atoms in total. The molecule has 2 rings (SSSR count). The van der Waals surface area contributed by atoms with Crippen LogP contribution in [0, 0.1) is 5.82 Å². The summed E-state index contributed by atoms with van der Waals surface area (Å²) in [5, 5.41) is 17.2. The van der Waals surface area contributed by atoms with Gasteiger partial charge in [0.2, 0.25) is 5.60 Å². The summed E-state index contributed by atoms with van der Waals surface area (Å²) in [5.41, 5.74) is -2.23. The van der Waals surface area contributed by atoms with E-state index in [4.69, 9.17) is 4.74 Å². The van der Waals surface area contributed by atoms with Gasteiger partial charge in [0.05, 0.1) is 5.69 Å². The maximum absolute atomic E-state index is 13.3. The van der Waals surface area contributed by atoms with E-state index >= 15 is 0 Å². The van der Waals surface area contributed by atoms with E-state index in [9.17, 15) is 23.9 Å². The predicted molar refractivity (Wildman–Crippen MR) is 86.4 cm³/mol. The number of halogens is 1. The van der Waals surface area contributed by atoms with E-state index in [0.29, 0.717) is 0 Å². The molecule has 1 aliphatic rings. The van der Waals surface area contributed by atoms with E-state index in [1.54, 1.807) is 6.92 Å². The average Bonchev–Trinajstić information content (AvgIpc) is 2.64. The molecule has 0 fully saturated rings. The van der Waals surface area contributed by atoms with E-state index in [1.165, 1.54) is 19.1 Å². The lowest BCUT2D eigenvalue weighted by Gasteiger charge is -2.26. The maximum atomic E-state index is 13.3. The van der Waals surface area contributed by atoms with Crippen LogP contribution in [0.15, 0.2) is 18.2 Å². The van der Waals surface area contributed by atoms with Crippen LogP contribution in [0.4, 0.5) is 10.1 Å². The molecule has 1 aliphatic heterocycles. The van der Waals surface area contributed by atoms with Crippen LogP contribution in [0.5, 0.6) is 5.75 Å². The van der Waals surface area contributed by atoms with E-state index in [2.05, 4.69) is 16.0 Å². The molecular formula is C16H20FN3O5. The quantitative estimate of drug-likeness (QED) is 0.565. The van der Waals surface area contributed by atoms with Gasteiger partial charge in [0.15, 0.2) is 0 Å². The topological polar surface area (TPSA) is 117 Å². The molecule has 0 saturated carbocycles. The SMILES string of the molecule is CCNC(=O)[C@](C)(O)C(=O)N[C@@H]1C(=O)Nc2cc(F)ccc2O[C@@H]1C. The van der Waals surface area contributed by atoms with Gasteiger partial charge < -0.3 is 25.8 Å². The molecule has 1 heterocycles. The third-order valence-corrected chi connectivity index (χ3v) is 3.77. The van der Waals surface area contributed by atoms with Gasteiger partial charge in [-0.3, -0.25) is 14.4 Å². The first-order valence-corrected chi connectivity index (χ1v) is 7.75. The molecule has 3 atom stereocenters. The lowest BCUT2D eigenvalue weighted by molar-refractivity contribution is -0.153. The number of aliphatic hydroxyl groups is 1. The lowest BCUT2D eigenvalue weighted by atomic mass is 10.0. The molecule has 9 heteroatoms. The van der Waals surface area contributed by atoms with Crippen LogP contribution < -0.4 is 20.7 Å². The summed E-state index contributed by atoms with van der Waals surface area (Å²) in [4.78, 5) is 36.4. The Balaban J connectivity index is 2.19. The van der Waals surface area contributed by atoms with Gasteiger partial charge in [0.1, 0.15) is 23.7 Å². The van der Waals surface area contributed by atoms with Crippen molar-refractivity contribution in [1.82, 2.24) is 10.6 Å². The Morgan fingerprint density at radius 3 is 2.72 bits per heavy atom. The van der Waals surface area contributed by atoms with Crippen molar-refractivity contribution in [3.8, 4) is 5.75 Å². The standard InChI is InChI=1S/C16H20FN3O5/c1-4-18-14(22)16(3,24)15(23)20-12-8(2)25-11-6-5-9(17)7-10(11)19-13(12)21/h5-8,12,24H,4H2,1-3H3,(H,18,22)(H,19,21)(H,20,23)/t8-,12+,16+/m1/s1. The molecule has 0 bridgehead atoms. The Morgan fingerprint density at radius 2 is 2.08 bits per heavy atom. The Bertz CT molecular complexity index is 707. The first-order chi connectivity index (χ1) is 11.7. The molecular weight excluding hydrogens is 333 g/mol. The first kappa shape index (κ1) is 18.7. The highest BCUT2D eigenvalue weighted by molar-refractivity contribution is 6.09. The van der Waals surface area contributed by atoms with Gasteiger partial charge in [-0.2, -0.15) is 0 Å². The van der Waals surface area contributed by atoms with Crippen molar-refractivity contribution in [3.63, 3.8) is 0 Å². The number of amides is 3. The Morgan fingerprint density at radius 1 is 1.40 bits per heavy atom. The number of benzene rings is 1. The smallest absolute Gasteiger partial charge is 0.262 e. The molecule has 0 aliphatic carbocycles. The van der Waals surface area contributed by atoms with E-state index in [-0.39, 0.29) is 18.0 Å². The van der Waals surface area contributed by atoms with Gasteiger partial charge in [-0.05, 0) is 32.9 Å². The van der Waals surface area contributed by atoms with Gasteiger partial charge in [0, 0.05) is 12.6 Å². The van der Waals surface area contributed by atoms with Gasteiger partial charge in [-0.1, -0.05) is 0 Å². The molecule has 136 valence electrons. The number of ether oxygens (including phenoxy) is 1. The molecule has 3 amide bonds. The second-order valence-electron chi connectivity index (χ2n) is 5.84. The van der Waals surface area contributed by atoms with Crippen LogP contribution in [0.1, 0.15) is 20.8 Å². The van der Waals surface area contributed by atoms with Crippen LogP contribution in [0.3, 0.4) is 0 Å². The van der Waals surface area contributed by atoms with Crippen molar-refractivity contribution in [1.29, 1.82) is 0 Å². The number of rotatable bonds is 4. The molecule has 1 aromatic rings. The van der Waals surface area contributed by atoms with Crippen molar-refractivity contribution in [2.24, 2.45) is 0 Å². The third-order valence-electron chi connectivity index (χ3n) is 3.77. The van der Waals surface area contributed by atoms with Crippen LogP contribution >= 0.6 is 0 Å². The highest BCUT2D eigenvalue weighted by Crippen LogP contribution is 2.29. The number of hydrogen-bond donors (Lipinski definition) is 4. The second-order valence-corrected chi connectivity index (χ2v) is 5.84. The average molecular weight is 353 g/mol. The van der Waals surface area contributed by atoms with Gasteiger partial charge in [-0.25, -0.2) is 4.39 Å². The first-order valence-electron chi connectivity index (χ1n) is 7.75. The van der Waals surface area contributed by atoms with Gasteiger partial charge in [-0.15, -0.1) is 0 Å². The van der Waals surface area contributed by atoms with E-state index in [1.807, 2.05) is 0 Å². The second kappa shape index (κ2) is 7.06. The number of anilines is 1. The molecule has 0 aromatic heterocycles. The maximum Gasteiger partial charge on any atom is 0.262 e. The molecule has 25 heavy (non-hydrogen) atoms. The lowest BCUT2D eigenvalue weighted by Crippen LogP contribution is -2.60. The number of fused-ring (bicyclic) bond motifs is 1. The zero-order chi connectivity index (χ0) is 18.8. The van der Waals surface area contributed by atoms with Gasteiger partial charge in [0.25, 0.3) is 17.7 Å². The van der Waals surface area contributed by atoms with E-state index < -0.39 is 41.3 Å². The minimum absolute atomic E-state index is 0.129. The number of carbonyl (C=O) groups excluding carboxylic acids is 3. The minimum Gasteiger partial charge on any atom is -0.486 e. The van der Waals surface area contributed by atoms with Crippen LogP contribution in [-0.4, -0.2) is 47.1 Å². The van der Waals surface area contributed by atoms with Crippen molar-refractivity contribution in [2.75, 3.05) is 11.9 Å². The fourth-order valence-electron chi connectivity index (χ4n) is 2.30. The predicted octanol–water partition coefficient (Wildman–Crippen LogP) is -0.0830. The molecule has 4 N–H and O–H groups in total. The normalized spacial score (nSPS) is 21.7. The molecule has 0 unspecified atom stereocenters. The highest BCUT2D eigenvalue weighted by Gasteiger charge is 2.42. The fourth-order valence-corrected chi connectivity index (χ4v) is 2.30. The van der Waals surface area contributed by atoms with Crippen LogP contribution in [-0.2, 0) is 14.4 Å². The van der Waals surface area contributed by atoms with E-state index in [0.717, 1.165) is 13.0 Å². The fraction of sp³-hybridized carbons (Fsp3) is 0.438. The summed E-state index contributed by atoms with van der Waals surface area (Å²) in [6, 6.07) is 2.44. The summed E-state index contributed by atoms with van der Waals surface area (Å²) < 4.78 is 18.9.